The first-order valence-corrected chi connectivity index (χ1v) is 7.02. The molecule has 1 aromatic carbocycles. The molecule has 1 aromatic rings. The van der Waals surface area contributed by atoms with Crippen LogP contribution in [0.5, 0.6) is 0 Å². The summed E-state index contributed by atoms with van der Waals surface area (Å²) in [7, 11) is 0. The number of aryl methyl sites for hydroxylation is 1. The van der Waals surface area contributed by atoms with Gasteiger partial charge in [0.25, 0.3) is 0 Å². The van der Waals surface area contributed by atoms with Gasteiger partial charge in [0.1, 0.15) is 0 Å². The standard InChI is InChI=1S/C15H20ClNO/c1-9-4-5-11(16)12(8-9)17-13-10-6-7-18-14(10)15(13,2)3/h4-5,8,10,13-14,17H,6-7H2,1-3H3. The zero-order chi connectivity index (χ0) is 12.9. The quantitative estimate of drug-likeness (QED) is 0.876. The predicted octanol–water partition coefficient (Wildman–Crippen LogP) is 3.87. The van der Waals surface area contributed by atoms with Crippen molar-refractivity contribution in [1.82, 2.24) is 0 Å². The van der Waals surface area contributed by atoms with Gasteiger partial charge in [-0.15, -0.1) is 0 Å². The van der Waals surface area contributed by atoms with Crippen LogP contribution in [0, 0.1) is 18.3 Å². The minimum absolute atomic E-state index is 0.189. The first kappa shape index (κ1) is 12.3. The van der Waals surface area contributed by atoms with Crippen LogP contribution in [0.25, 0.3) is 0 Å². The fraction of sp³-hybridized carbons (Fsp3) is 0.600. The Balaban J connectivity index is 1.82. The Morgan fingerprint density at radius 1 is 1.39 bits per heavy atom. The maximum Gasteiger partial charge on any atom is 0.0694 e. The third-order valence-electron chi connectivity index (χ3n) is 4.53. The molecule has 98 valence electrons. The number of nitrogens with one attached hydrogen (secondary N) is 1. The van der Waals surface area contributed by atoms with Crippen LogP contribution in [0.15, 0.2) is 18.2 Å². The summed E-state index contributed by atoms with van der Waals surface area (Å²) in [5.74, 6) is 0.636. The van der Waals surface area contributed by atoms with Crippen LogP contribution < -0.4 is 5.32 Å². The first-order valence-electron chi connectivity index (χ1n) is 6.64. The van der Waals surface area contributed by atoms with Crippen LogP contribution in [0.3, 0.4) is 0 Å². The second-order valence-electron chi connectivity index (χ2n) is 6.17. The van der Waals surface area contributed by atoms with Crippen molar-refractivity contribution in [1.29, 1.82) is 0 Å². The monoisotopic (exact) mass is 265 g/mol. The van der Waals surface area contributed by atoms with E-state index >= 15 is 0 Å². The Morgan fingerprint density at radius 2 is 2.17 bits per heavy atom. The summed E-state index contributed by atoms with van der Waals surface area (Å²) in [6, 6.07) is 6.60. The van der Waals surface area contributed by atoms with Crippen molar-refractivity contribution in [3.63, 3.8) is 0 Å². The Bertz CT molecular complexity index is 472. The number of halogens is 1. The zero-order valence-electron chi connectivity index (χ0n) is 11.2. The van der Waals surface area contributed by atoms with Crippen LogP contribution in [-0.2, 0) is 4.74 Å². The molecule has 3 unspecified atom stereocenters. The minimum Gasteiger partial charge on any atom is -0.380 e. The van der Waals surface area contributed by atoms with E-state index in [1.165, 1.54) is 5.56 Å². The fourth-order valence-corrected chi connectivity index (χ4v) is 3.71. The predicted molar refractivity (Wildman–Crippen MR) is 75.2 cm³/mol. The number of fused-ring (bicyclic) bond motifs is 1. The maximum absolute atomic E-state index is 6.26. The normalized spacial score (nSPS) is 32.8. The number of hydrogen-bond donors (Lipinski definition) is 1. The molecule has 3 atom stereocenters. The van der Waals surface area contributed by atoms with E-state index in [0.717, 1.165) is 23.7 Å². The van der Waals surface area contributed by atoms with Crippen molar-refractivity contribution in [2.45, 2.75) is 39.3 Å². The van der Waals surface area contributed by atoms with Crippen molar-refractivity contribution >= 4 is 17.3 Å². The zero-order valence-corrected chi connectivity index (χ0v) is 11.9. The number of anilines is 1. The molecular formula is C15H20ClNO. The molecule has 1 aliphatic carbocycles. The number of rotatable bonds is 2. The minimum atomic E-state index is 0.189. The second kappa shape index (κ2) is 4.14. The fourth-order valence-electron chi connectivity index (χ4n) is 3.53. The van der Waals surface area contributed by atoms with Crippen LogP contribution in [-0.4, -0.2) is 18.8 Å². The molecule has 1 saturated heterocycles. The van der Waals surface area contributed by atoms with Crippen LogP contribution in [0.4, 0.5) is 5.69 Å². The summed E-state index contributed by atoms with van der Waals surface area (Å²) in [5.41, 5.74) is 2.48. The smallest absolute Gasteiger partial charge is 0.0694 e. The molecule has 0 bridgehead atoms. The van der Waals surface area contributed by atoms with Crippen molar-refractivity contribution in [2.24, 2.45) is 11.3 Å². The third-order valence-corrected chi connectivity index (χ3v) is 4.86. The van der Waals surface area contributed by atoms with Gasteiger partial charge in [-0.05, 0) is 31.0 Å². The van der Waals surface area contributed by atoms with Gasteiger partial charge in [0, 0.05) is 24.0 Å². The van der Waals surface area contributed by atoms with Crippen LogP contribution in [0.2, 0.25) is 5.02 Å². The van der Waals surface area contributed by atoms with E-state index in [1.54, 1.807) is 0 Å². The molecule has 2 aliphatic rings. The molecular weight excluding hydrogens is 246 g/mol. The highest BCUT2D eigenvalue weighted by atomic mass is 35.5. The van der Waals surface area contributed by atoms with Gasteiger partial charge in [-0.1, -0.05) is 31.5 Å². The summed E-state index contributed by atoms with van der Waals surface area (Å²) in [6.45, 7) is 7.55. The van der Waals surface area contributed by atoms with E-state index in [1.807, 2.05) is 12.1 Å². The van der Waals surface area contributed by atoms with Crippen molar-refractivity contribution in [3.8, 4) is 0 Å². The van der Waals surface area contributed by atoms with Gasteiger partial charge in [0.2, 0.25) is 0 Å². The molecule has 1 aliphatic heterocycles. The molecule has 0 radical (unpaired) electrons. The molecule has 3 heteroatoms. The van der Waals surface area contributed by atoms with Crippen LogP contribution >= 0.6 is 11.6 Å². The SMILES string of the molecule is Cc1ccc(Cl)c(NC2C3CCOC3C2(C)C)c1. The van der Waals surface area contributed by atoms with E-state index in [9.17, 15) is 0 Å². The summed E-state index contributed by atoms with van der Waals surface area (Å²) >= 11 is 6.26. The number of ether oxygens (including phenoxy) is 1. The van der Waals surface area contributed by atoms with Crippen molar-refractivity contribution in [2.75, 3.05) is 11.9 Å². The van der Waals surface area contributed by atoms with Gasteiger partial charge in [0.05, 0.1) is 16.8 Å². The molecule has 1 heterocycles. The van der Waals surface area contributed by atoms with Gasteiger partial charge in [0.15, 0.2) is 0 Å². The maximum atomic E-state index is 6.26. The lowest BCUT2D eigenvalue weighted by Crippen LogP contribution is -2.63. The highest BCUT2D eigenvalue weighted by Crippen LogP contribution is 2.53. The highest BCUT2D eigenvalue weighted by molar-refractivity contribution is 6.33. The molecule has 1 saturated carbocycles. The van der Waals surface area contributed by atoms with E-state index in [-0.39, 0.29) is 5.41 Å². The Kier molecular flexibility index (Phi) is 2.83. The largest absolute Gasteiger partial charge is 0.380 e. The van der Waals surface area contributed by atoms with E-state index < -0.39 is 0 Å². The van der Waals surface area contributed by atoms with Crippen molar-refractivity contribution < 1.29 is 4.74 Å². The summed E-state index contributed by atoms with van der Waals surface area (Å²) in [4.78, 5) is 0. The molecule has 0 spiro atoms. The molecule has 0 aromatic heterocycles. The lowest BCUT2D eigenvalue weighted by molar-refractivity contribution is -0.0923. The molecule has 2 fully saturated rings. The summed E-state index contributed by atoms with van der Waals surface area (Å²) in [5, 5.41) is 4.44. The molecule has 2 nitrogen and oxygen atoms in total. The van der Waals surface area contributed by atoms with Gasteiger partial charge in [-0.2, -0.15) is 0 Å². The Hall–Kier alpha value is -0.730. The summed E-state index contributed by atoms with van der Waals surface area (Å²) < 4.78 is 5.82. The lowest BCUT2D eigenvalue weighted by atomic mass is 9.57. The van der Waals surface area contributed by atoms with Gasteiger partial charge in [-0.25, -0.2) is 0 Å². The third kappa shape index (κ3) is 1.74. The van der Waals surface area contributed by atoms with E-state index in [0.29, 0.717) is 18.1 Å². The van der Waals surface area contributed by atoms with Gasteiger partial charge < -0.3 is 10.1 Å². The topological polar surface area (TPSA) is 21.3 Å². The van der Waals surface area contributed by atoms with Gasteiger partial charge in [-0.3, -0.25) is 0 Å². The molecule has 0 amide bonds. The molecule has 3 rings (SSSR count). The van der Waals surface area contributed by atoms with E-state index in [4.69, 9.17) is 16.3 Å². The first-order chi connectivity index (χ1) is 8.50. The van der Waals surface area contributed by atoms with Crippen LogP contribution in [0.1, 0.15) is 25.8 Å². The number of benzene rings is 1. The molecule has 18 heavy (non-hydrogen) atoms. The van der Waals surface area contributed by atoms with Gasteiger partial charge >= 0.3 is 0 Å². The highest BCUT2D eigenvalue weighted by Gasteiger charge is 2.59. The Labute approximate surface area is 114 Å². The van der Waals surface area contributed by atoms with Crippen molar-refractivity contribution in [3.05, 3.63) is 28.8 Å². The molecule has 1 N–H and O–H groups in total. The Morgan fingerprint density at radius 3 is 2.94 bits per heavy atom. The number of hydrogen-bond acceptors (Lipinski definition) is 2. The average Bonchev–Trinajstić information content (AvgIpc) is 2.77. The summed E-state index contributed by atoms with van der Waals surface area (Å²) in [6.07, 6.45) is 1.58. The average molecular weight is 266 g/mol. The second-order valence-corrected chi connectivity index (χ2v) is 6.58. The van der Waals surface area contributed by atoms with E-state index in [2.05, 4.69) is 32.2 Å². The lowest BCUT2D eigenvalue weighted by Gasteiger charge is -2.55.